The van der Waals surface area contributed by atoms with E-state index < -0.39 is 0 Å². The van der Waals surface area contributed by atoms with E-state index in [9.17, 15) is 0 Å². The SMILES string of the molecule is c1csc(C(Nc2ccc3c(c2)OCO3)C2CCCC2)c1. The molecule has 2 aliphatic rings. The van der Waals surface area contributed by atoms with Crippen LogP contribution in [0.1, 0.15) is 36.6 Å². The van der Waals surface area contributed by atoms with Crippen LogP contribution >= 0.6 is 11.3 Å². The first-order valence-electron chi connectivity index (χ1n) is 7.60. The first-order valence-corrected chi connectivity index (χ1v) is 8.48. The monoisotopic (exact) mass is 301 g/mol. The molecule has 1 aliphatic carbocycles. The predicted octanol–water partition coefficient (Wildman–Crippen LogP) is 4.82. The van der Waals surface area contributed by atoms with Gasteiger partial charge in [0.25, 0.3) is 0 Å². The van der Waals surface area contributed by atoms with Crippen molar-refractivity contribution in [1.82, 2.24) is 0 Å². The minimum Gasteiger partial charge on any atom is -0.454 e. The lowest BCUT2D eigenvalue weighted by Crippen LogP contribution is -2.17. The van der Waals surface area contributed by atoms with Crippen LogP contribution in [0.25, 0.3) is 0 Å². The van der Waals surface area contributed by atoms with E-state index in [-0.39, 0.29) is 0 Å². The zero-order valence-electron chi connectivity index (χ0n) is 11.9. The normalized spacial score (nSPS) is 18.9. The van der Waals surface area contributed by atoms with Gasteiger partial charge < -0.3 is 14.8 Å². The molecule has 0 spiro atoms. The quantitative estimate of drug-likeness (QED) is 0.878. The maximum atomic E-state index is 5.48. The summed E-state index contributed by atoms with van der Waals surface area (Å²) < 4.78 is 10.9. The van der Waals surface area contributed by atoms with Gasteiger partial charge in [0, 0.05) is 16.6 Å². The van der Waals surface area contributed by atoms with Gasteiger partial charge in [0.15, 0.2) is 11.5 Å². The van der Waals surface area contributed by atoms with Crippen LogP contribution in [0.3, 0.4) is 0 Å². The number of thiophene rings is 1. The number of ether oxygens (including phenoxy) is 2. The Balaban J connectivity index is 1.59. The Morgan fingerprint density at radius 1 is 1.10 bits per heavy atom. The van der Waals surface area contributed by atoms with Crippen molar-refractivity contribution in [3.05, 3.63) is 40.6 Å². The first kappa shape index (κ1) is 13.0. The summed E-state index contributed by atoms with van der Waals surface area (Å²) in [5.74, 6) is 2.42. The number of benzene rings is 1. The van der Waals surface area contributed by atoms with Gasteiger partial charge in [-0.15, -0.1) is 11.3 Å². The third kappa shape index (κ3) is 2.60. The van der Waals surface area contributed by atoms with Crippen molar-refractivity contribution in [3.63, 3.8) is 0 Å². The minimum atomic E-state index is 0.329. The lowest BCUT2D eigenvalue weighted by molar-refractivity contribution is 0.174. The third-order valence-corrected chi connectivity index (χ3v) is 5.37. The van der Waals surface area contributed by atoms with Gasteiger partial charge in [-0.3, -0.25) is 0 Å². The van der Waals surface area contributed by atoms with E-state index in [1.165, 1.54) is 30.6 Å². The Bertz CT molecular complexity index is 605. The molecule has 0 bridgehead atoms. The highest BCUT2D eigenvalue weighted by molar-refractivity contribution is 7.10. The molecule has 0 saturated heterocycles. The molecule has 1 N–H and O–H groups in total. The summed E-state index contributed by atoms with van der Waals surface area (Å²) in [6, 6.07) is 10.9. The average molecular weight is 301 g/mol. The number of anilines is 1. The van der Waals surface area contributed by atoms with E-state index in [1.54, 1.807) is 0 Å². The fourth-order valence-electron chi connectivity index (χ4n) is 3.35. The second-order valence-corrected chi connectivity index (χ2v) is 6.73. The van der Waals surface area contributed by atoms with E-state index in [4.69, 9.17) is 9.47 Å². The zero-order valence-corrected chi connectivity index (χ0v) is 12.7. The van der Waals surface area contributed by atoms with Crippen molar-refractivity contribution in [2.75, 3.05) is 12.1 Å². The van der Waals surface area contributed by atoms with Crippen molar-refractivity contribution in [3.8, 4) is 11.5 Å². The van der Waals surface area contributed by atoms with E-state index in [0.717, 1.165) is 23.1 Å². The molecule has 3 nitrogen and oxygen atoms in total. The average Bonchev–Trinajstić information content (AvgIpc) is 3.24. The number of hydrogen-bond acceptors (Lipinski definition) is 4. The van der Waals surface area contributed by atoms with E-state index in [2.05, 4.69) is 35.0 Å². The smallest absolute Gasteiger partial charge is 0.231 e. The second kappa shape index (κ2) is 5.60. The van der Waals surface area contributed by atoms with Crippen LogP contribution in [0.5, 0.6) is 11.5 Å². The van der Waals surface area contributed by atoms with Gasteiger partial charge >= 0.3 is 0 Å². The maximum Gasteiger partial charge on any atom is 0.231 e. The molecule has 4 heteroatoms. The Labute approximate surface area is 128 Å². The Kier molecular flexibility index (Phi) is 3.47. The van der Waals surface area contributed by atoms with Gasteiger partial charge in [-0.2, -0.15) is 0 Å². The molecule has 2 heterocycles. The third-order valence-electron chi connectivity index (χ3n) is 4.42. The van der Waals surface area contributed by atoms with Gasteiger partial charge in [0.1, 0.15) is 0 Å². The van der Waals surface area contributed by atoms with Crippen LogP contribution < -0.4 is 14.8 Å². The van der Waals surface area contributed by atoms with Gasteiger partial charge in [0.2, 0.25) is 6.79 Å². The molecule has 4 rings (SSSR count). The molecule has 0 amide bonds. The summed E-state index contributed by atoms with van der Waals surface area (Å²) in [4.78, 5) is 1.43. The molecule has 1 aliphatic heterocycles. The molecule has 21 heavy (non-hydrogen) atoms. The Morgan fingerprint density at radius 2 is 1.95 bits per heavy atom. The molecular weight excluding hydrogens is 282 g/mol. The lowest BCUT2D eigenvalue weighted by Gasteiger charge is -2.25. The number of hydrogen-bond donors (Lipinski definition) is 1. The Morgan fingerprint density at radius 3 is 2.76 bits per heavy atom. The van der Waals surface area contributed by atoms with Crippen LogP contribution in [0, 0.1) is 5.92 Å². The summed E-state index contributed by atoms with van der Waals surface area (Å²) >= 11 is 1.84. The zero-order chi connectivity index (χ0) is 14.1. The van der Waals surface area contributed by atoms with Crippen molar-refractivity contribution in [2.45, 2.75) is 31.7 Å². The van der Waals surface area contributed by atoms with E-state index >= 15 is 0 Å². The van der Waals surface area contributed by atoms with Crippen molar-refractivity contribution >= 4 is 17.0 Å². The van der Waals surface area contributed by atoms with Crippen molar-refractivity contribution < 1.29 is 9.47 Å². The topological polar surface area (TPSA) is 30.5 Å². The fourth-order valence-corrected chi connectivity index (χ4v) is 4.22. The molecule has 1 aromatic heterocycles. The summed E-state index contributed by atoms with van der Waals surface area (Å²) in [6.07, 6.45) is 5.35. The number of fused-ring (bicyclic) bond motifs is 1. The minimum absolute atomic E-state index is 0.329. The summed E-state index contributed by atoms with van der Waals surface area (Å²) in [7, 11) is 0. The largest absolute Gasteiger partial charge is 0.454 e. The van der Waals surface area contributed by atoms with Crippen molar-refractivity contribution in [2.24, 2.45) is 5.92 Å². The van der Waals surface area contributed by atoms with Gasteiger partial charge in [0.05, 0.1) is 6.04 Å². The molecular formula is C17H19NO2S. The first-order chi connectivity index (χ1) is 10.4. The molecule has 1 atom stereocenters. The maximum absolute atomic E-state index is 5.48. The van der Waals surface area contributed by atoms with Crippen LogP contribution in [-0.2, 0) is 0 Å². The van der Waals surface area contributed by atoms with Crippen LogP contribution in [-0.4, -0.2) is 6.79 Å². The highest BCUT2D eigenvalue weighted by Crippen LogP contribution is 2.41. The molecule has 110 valence electrons. The molecule has 1 unspecified atom stereocenters. The molecule has 1 aromatic carbocycles. The predicted molar refractivity (Wildman–Crippen MR) is 85.2 cm³/mol. The molecule has 2 aromatic rings. The highest BCUT2D eigenvalue weighted by atomic mass is 32.1. The fraction of sp³-hybridized carbons (Fsp3) is 0.412. The van der Waals surface area contributed by atoms with Gasteiger partial charge in [-0.05, 0) is 42.3 Å². The van der Waals surface area contributed by atoms with E-state index in [0.29, 0.717) is 12.8 Å². The molecule has 0 radical (unpaired) electrons. The van der Waals surface area contributed by atoms with Gasteiger partial charge in [-0.1, -0.05) is 18.9 Å². The molecule has 1 saturated carbocycles. The summed E-state index contributed by atoms with van der Waals surface area (Å²) in [6.45, 7) is 0.329. The number of nitrogens with one attached hydrogen (secondary N) is 1. The second-order valence-electron chi connectivity index (χ2n) is 5.75. The van der Waals surface area contributed by atoms with Crippen LogP contribution in [0.2, 0.25) is 0 Å². The van der Waals surface area contributed by atoms with Gasteiger partial charge in [-0.25, -0.2) is 0 Å². The lowest BCUT2D eigenvalue weighted by atomic mass is 9.96. The van der Waals surface area contributed by atoms with Crippen LogP contribution in [0.15, 0.2) is 35.7 Å². The van der Waals surface area contributed by atoms with E-state index in [1.807, 2.05) is 17.4 Å². The summed E-state index contributed by atoms with van der Waals surface area (Å²) in [5, 5.41) is 5.89. The Hall–Kier alpha value is -1.68. The standard InChI is InChI=1S/C17H19NO2S/c1-2-5-12(4-1)17(16-6-3-9-21-16)18-13-7-8-14-15(10-13)20-11-19-14/h3,6-10,12,17-18H,1-2,4-5,11H2. The molecule has 1 fully saturated rings. The van der Waals surface area contributed by atoms with Crippen molar-refractivity contribution in [1.29, 1.82) is 0 Å². The highest BCUT2D eigenvalue weighted by Gasteiger charge is 2.27. The van der Waals surface area contributed by atoms with Crippen LogP contribution in [0.4, 0.5) is 5.69 Å². The number of rotatable bonds is 4. The summed E-state index contributed by atoms with van der Waals surface area (Å²) in [5.41, 5.74) is 1.12.